The van der Waals surface area contributed by atoms with E-state index in [9.17, 15) is 18.0 Å². The van der Waals surface area contributed by atoms with Crippen LogP contribution < -0.4 is 5.56 Å². The molecule has 1 N–H and O–H groups in total. The van der Waals surface area contributed by atoms with Gasteiger partial charge in [0.2, 0.25) is 0 Å². The highest BCUT2D eigenvalue weighted by Gasteiger charge is 2.35. The Morgan fingerprint density at radius 2 is 2.00 bits per heavy atom. The lowest BCUT2D eigenvalue weighted by atomic mass is 9.91. The summed E-state index contributed by atoms with van der Waals surface area (Å²) in [5.74, 6) is -0.548. The summed E-state index contributed by atoms with van der Waals surface area (Å²) in [6.07, 6.45) is 3.08. The predicted molar refractivity (Wildman–Crippen MR) is 103 cm³/mol. The lowest BCUT2D eigenvalue weighted by Gasteiger charge is -2.22. The molecule has 0 atom stereocenters. The number of H-pyrrole nitrogens is 1. The maximum absolute atomic E-state index is 13.1. The molecule has 0 saturated carbocycles. The molecule has 1 aliphatic heterocycles. The summed E-state index contributed by atoms with van der Waals surface area (Å²) in [6.45, 7) is 5.59. The molecule has 0 amide bonds. The van der Waals surface area contributed by atoms with Crippen molar-refractivity contribution in [2.24, 2.45) is 7.05 Å². The van der Waals surface area contributed by atoms with Crippen LogP contribution in [0.1, 0.15) is 39.5 Å². The quantitative estimate of drug-likeness (QED) is 0.674. The van der Waals surface area contributed by atoms with E-state index < -0.39 is 21.2 Å². The van der Waals surface area contributed by atoms with Crippen molar-refractivity contribution >= 4 is 15.6 Å². The van der Waals surface area contributed by atoms with Gasteiger partial charge < -0.3 is 5.10 Å². The Bertz CT molecular complexity index is 1310. The number of fused-ring (bicyclic) bond motifs is 3. The van der Waals surface area contributed by atoms with Crippen molar-refractivity contribution in [3.63, 3.8) is 0 Å². The number of carbonyl (C=O) groups is 1. The molecule has 0 spiro atoms. The molecule has 0 saturated heterocycles. The Labute approximate surface area is 161 Å². The standard InChI is InChI=1S/C19H20N4O4S/c1-5-23-19(25)14(7-20-23)17(24)13-6-10(2)18-15(11(13)3)16-12(8-22(4)21-16)9-28(18,26)27/h6-8,20H,5,9H2,1-4H3. The molecule has 0 radical (unpaired) electrons. The van der Waals surface area contributed by atoms with Crippen molar-refractivity contribution in [2.75, 3.05) is 0 Å². The van der Waals surface area contributed by atoms with Crippen molar-refractivity contribution < 1.29 is 13.2 Å². The summed E-state index contributed by atoms with van der Waals surface area (Å²) in [5.41, 5.74) is 2.57. The van der Waals surface area contributed by atoms with Crippen LogP contribution in [-0.4, -0.2) is 33.8 Å². The normalized spacial score (nSPS) is 14.6. The van der Waals surface area contributed by atoms with Gasteiger partial charge in [0.15, 0.2) is 15.6 Å². The van der Waals surface area contributed by atoms with E-state index in [1.807, 2.05) is 0 Å². The Balaban J connectivity index is 2.01. The van der Waals surface area contributed by atoms with Crippen LogP contribution in [0.15, 0.2) is 28.2 Å². The molecule has 28 heavy (non-hydrogen) atoms. The second-order valence-electron chi connectivity index (χ2n) is 7.07. The van der Waals surface area contributed by atoms with Gasteiger partial charge in [-0.15, -0.1) is 0 Å². The average molecular weight is 400 g/mol. The maximum Gasteiger partial charge on any atom is 0.277 e. The highest BCUT2D eigenvalue weighted by molar-refractivity contribution is 7.91. The number of benzene rings is 1. The molecule has 0 aliphatic carbocycles. The van der Waals surface area contributed by atoms with Gasteiger partial charge in [-0.1, -0.05) is 0 Å². The Morgan fingerprint density at radius 3 is 2.64 bits per heavy atom. The lowest BCUT2D eigenvalue weighted by molar-refractivity contribution is 0.103. The third-order valence-electron chi connectivity index (χ3n) is 5.17. The number of rotatable bonds is 3. The molecule has 3 aromatic rings. The van der Waals surface area contributed by atoms with E-state index in [1.165, 1.54) is 10.9 Å². The van der Waals surface area contributed by atoms with Crippen molar-refractivity contribution in [3.05, 3.63) is 56.6 Å². The van der Waals surface area contributed by atoms with E-state index >= 15 is 0 Å². The average Bonchev–Trinajstić information content (AvgIpc) is 3.17. The number of aryl methyl sites for hydroxylation is 3. The summed E-state index contributed by atoms with van der Waals surface area (Å²) in [4.78, 5) is 25.7. The van der Waals surface area contributed by atoms with Gasteiger partial charge in [-0.25, -0.2) is 8.42 Å². The number of aromatic nitrogens is 4. The molecule has 146 valence electrons. The van der Waals surface area contributed by atoms with Crippen LogP contribution in [0.3, 0.4) is 0 Å². The summed E-state index contributed by atoms with van der Waals surface area (Å²) >= 11 is 0. The van der Waals surface area contributed by atoms with Crippen LogP contribution in [-0.2, 0) is 29.2 Å². The van der Waals surface area contributed by atoms with E-state index in [4.69, 9.17) is 0 Å². The number of hydrogen-bond acceptors (Lipinski definition) is 5. The lowest BCUT2D eigenvalue weighted by Crippen LogP contribution is -2.22. The van der Waals surface area contributed by atoms with Crippen molar-refractivity contribution in [2.45, 2.75) is 38.0 Å². The van der Waals surface area contributed by atoms with E-state index in [0.29, 0.717) is 40.1 Å². The summed E-state index contributed by atoms with van der Waals surface area (Å²) < 4.78 is 28.7. The van der Waals surface area contributed by atoms with Crippen LogP contribution in [0.5, 0.6) is 0 Å². The van der Waals surface area contributed by atoms with E-state index in [1.54, 1.807) is 44.8 Å². The fraction of sp³-hybridized carbons (Fsp3) is 0.316. The summed E-state index contributed by atoms with van der Waals surface area (Å²) in [6, 6.07) is 1.56. The van der Waals surface area contributed by atoms with Gasteiger partial charge in [0.05, 0.1) is 16.3 Å². The molecule has 2 aromatic heterocycles. The first-order chi connectivity index (χ1) is 13.2. The largest absolute Gasteiger partial charge is 0.302 e. The van der Waals surface area contributed by atoms with Gasteiger partial charge in [0, 0.05) is 42.7 Å². The Hall–Kier alpha value is -2.94. The van der Waals surface area contributed by atoms with Crippen molar-refractivity contribution in [1.82, 2.24) is 19.6 Å². The van der Waals surface area contributed by atoms with Gasteiger partial charge in [-0.05, 0) is 38.0 Å². The zero-order valence-corrected chi connectivity index (χ0v) is 16.8. The van der Waals surface area contributed by atoms with Gasteiger partial charge in [0.1, 0.15) is 5.56 Å². The SMILES string of the molecule is CCn1[nH]cc(C(=O)c2cc(C)c3c(c2C)-c2nn(C)cc2CS3(=O)=O)c1=O. The fourth-order valence-electron chi connectivity index (χ4n) is 3.90. The first-order valence-electron chi connectivity index (χ1n) is 8.88. The molecule has 4 rings (SSSR count). The molecule has 0 bridgehead atoms. The third-order valence-corrected chi connectivity index (χ3v) is 7.01. The highest BCUT2D eigenvalue weighted by atomic mass is 32.2. The Kier molecular flexibility index (Phi) is 3.97. The number of ketones is 1. The predicted octanol–water partition coefficient (Wildman–Crippen LogP) is 1.73. The molecule has 3 heterocycles. The van der Waals surface area contributed by atoms with Gasteiger partial charge in [-0.2, -0.15) is 5.10 Å². The first kappa shape index (κ1) is 18.4. The number of aromatic amines is 1. The maximum atomic E-state index is 13.1. The molecular weight excluding hydrogens is 380 g/mol. The molecule has 1 aliphatic rings. The zero-order valence-electron chi connectivity index (χ0n) is 16.0. The minimum Gasteiger partial charge on any atom is -0.302 e. The van der Waals surface area contributed by atoms with Crippen molar-refractivity contribution in [1.29, 1.82) is 0 Å². The number of sulfone groups is 1. The molecule has 0 unspecified atom stereocenters. The fourth-order valence-corrected chi connectivity index (χ4v) is 5.77. The van der Waals surface area contributed by atoms with E-state index in [0.717, 1.165) is 0 Å². The molecular formula is C19H20N4O4S. The Morgan fingerprint density at radius 1 is 1.29 bits per heavy atom. The monoisotopic (exact) mass is 400 g/mol. The van der Waals surface area contributed by atoms with Crippen LogP contribution in [0.2, 0.25) is 0 Å². The molecule has 8 nitrogen and oxygen atoms in total. The topological polar surface area (TPSA) is 107 Å². The molecule has 9 heteroatoms. The van der Waals surface area contributed by atoms with E-state index in [2.05, 4.69) is 10.2 Å². The van der Waals surface area contributed by atoms with Gasteiger partial charge in [0.25, 0.3) is 5.56 Å². The van der Waals surface area contributed by atoms with Gasteiger partial charge in [-0.3, -0.25) is 19.0 Å². The van der Waals surface area contributed by atoms with Crippen LogP contribution in [0.4, 0.5) is 0 Å². The number of carbonyl (C=O) groups excluding carboxylic acids is 1. The summed E-state index contributed by atoms with van der Waals surface area (Å²) in [7, 11) is -1.82. The highest BCUT2D eigenvalue weighted by Crippen LogP contribution is 2.42. The number of nitrogens with one attached hydrogen (secondary N) is 1. The second kappa shape index (κ2) is 6.03. The van der Waals surface area contributed by atoms with Crippen molar-refractivity contribution in [3.8, 4) is 11.3 Å². The van der Waals surface area contributed by atoms with Crippen LogP contribution in [0.25, 0.3) is 11.3 Å². The minimum atomic E-state index is -3.55. The zero-order chi connectivity index (χ0) is 20.4. The van der Waals surface area contributed by atoms with E-state index in [-0.39, 0.29) is 16.2 Å². The smallest absolute Gasteiger partial charge is 0.277 e. The molecule has 1 aromatic carbocycles. The summed E-state index contributed by atoms with van der Waals surface area (Å²) in [5, 5.41) is 7.21. The number of nitrogens with zero attached hydrogens (tertiary/aromatic N) is 3. The van der Waals surface area contributed by atoms with Crippen LogP contribution >= 0.6 is 0 Å². The second-order valence-corrected chi connectivity index (χ2v) is 9.00. The van der Waals surface area contributed by atoms with Crippen LogP contribution in [0, 0.1) is 13.8 Å². The third kappa shape index (κ3) is 2.50. The first-order valence-corrected chi connectivity index (χ1v) is 10.5. The molecule has 0 fully saturated rings. The number of hydrogen-bond donors (Lipinski definition) is 1. The minimum absolute atomic E-state index is 0.0317. The van der Waals surface area contributed by atoms with Gasteiger partial charge >= 0.3 is 0 Å².